The molecule has 1 atom stereocenters. The van der Waals surface area contributed by atoms with Crippen molar-refractivity contribution in [3.8, 4) is 0 Å². The van der Waals surface area contributed by atoms with Crippen LogP contribution < -0.4 is 4.90 Å². The van der Waals surface area contributed by atoms with Crippen LogP contribution >= 0.6 is 0 Å². The van der Waals surface area contributed by atoms with Gasteiger partial charge in [0.1, 0.15) is 17.3 Å². The standard InChI is InChI=1S/C14H15F2NO3/c1-17(10-4-5-20-8-10)14-11(15)6-9(7-12(14)16)2-3-13(18)19/h2-3,6-7,10H,4-5,8H2,1H3,(H,18,19)/b3-2+. The molecule has 0 aliphatic carbocycles. The molecule has 1 aromatic carbocycles. The summed E-state index contributed by atoms with van der Waals surface area (Å²) in [5.41, 5.74) is 0.0511. The van der Waals surface area contributed by atoms with Crippen LogP contribution in [0.3, 0.4) is 0 Å². The SMILES string of the molecule is CN(c1c(F)cc(/C=C/C(=O)O)cc1F)C1CCOC1. The van der Waals surface area contributed by atoms with Gasteiger partial charge in [-0.3, -0.25) is 0 Å². The maximum absolute atomic E-state index is 14.0. The average Bonchev–Trinajstić information content (AvgIpc) is 2.89. The molecule has 4 nitrogen and oxygen atoms in total. The lowest BCUT2D eigenvalue weighted by molar-refractivity contribution is -0.131. The second-order valence-corrected chi connectivity index (χ2v) is 4.63. The third-order valence-corrected chi connectivity index (χ3v) is 3.26. The van der Waals surface area contributed by atoms with Gasteiger partial charge in [0, 0.05) is 19.7 Å². The lowest BCUT2D eigenvalue weighted by Crippen LogP contribution is -2.33. The largest absolute Gasteiger partial charge is 0.478 e. The summed E-state index contributed by atoms with van der Waals surface area (Å²) in [6, 6.07) is 2.17. The van der Waals surface area contributed by atoms with Crippen molar-refractivity contribution >= 4 is 17.7 Å². The Kier molecular flexibility index (Phi) is 4.34. The topological polar surface area (TPSA) is 49.8 Å². The number of hydrogen-bond acceptors (Lipinski definition) is 3. The minimum atomic E-state index is -1.17. The van der Waals surface area contributed by atoms with E-state index in [1.807, 2.05) is 0 Å². The highest BCUT2D eigenvalue weighted by atomic mass is 19.1. The number of hydrogen-bond donors (Lipinski definition) is 1. The van der Waals surface area contributed by atoms with E-state index in [-0.39, 0.29) is 17.3 Å². The van der Waals surface area contributed by atoms with Gasteiger partial charge in [-0.2, -0.15) is 0 Å². The molecule has 1 fully saturated rings. The summed E-state index contributed by atoms with van der Waals surface area (Å²) in [6.07, 6.45) is 2.70. The van der Waals surface area contributed by atoms with E-state index in [0.717, 1.165) is 30.7 Å². The maximum atomic E-state index is 14.0. The number of carbonyl (C=O) groups is 1. The van der Waals surface area contributed by atoms with Gasteiger partial charge in [-0.25, -0.2) is 13.6 Å². The molecule has 0 amide bonds. The molecule has 6 heteroatoms. The number of anilines is 1. The van der Waals surface area contributed by atoms with Crippen molar-refractivity contribution in [2.45, 2.75) is 12.5 Å². The average molecular weight is 283 g/mol. The first-order chi connectivity index (χ1) is 9.49. The van der Waals surface area contributed by atoms with E-state index in [2.05, 4.69) is 0 Å². The van der Waals surface area contributed by atoms with Crippen molar-refractivity contribution in [1.29, 1.82) is 0 Å². The first kappa shape index (κ1) is 14.5. The van der Waals surface area contributed by atoms with E-state index in [0.29, 0.717) is 13.2 Å². The van der Waals surface area contributed by atoms with Crippen LogP contribution in [0.15, 0.2) is 18.2 Å². The molecule has 0 bridgehead atoms. The highest BCUT2D eigenvalue weighted by molar-refractivity contribution is 5.85. The van der Waals surface area contributed by atoms with E-state index >= 15 is 0 Å². The van der Waals surface area contributed by atoms with Crippen LogP contribution in [0.2, 0.25) is 0 Å². The molecule has 108 valence electrons. The zero-order valence-corrected chi connectivity index (χ0v) is 11.0. The van der Waals surface area contributed by atoms with Crippen LogP contribution in [-0.2, 0) is 9.53 Å². The summed E-state index contributed by atoms with van der Waals surface area (Å²) in [5.74, 6) is -2.61. The minimum absolute atomic E-state index is 0.0561. The molecule has 0 saturated carbocycles. The zero-order chi connectivity index (χ0) is 14.7. The van der Waals surface area contributed by atoms with E-state index in [1.165, 1.54) is 4.90 Å². The zero-order valence-electron chi connectivity index (χ0n) is 11.0. The van der Waals surface area contributed by atoms with Gasteiger partial charge < -0.3 is 14.7 Å². The number of carboxylic acid groups (broad SMARTS) is 1. The quantitative estimate of drug-likeness (QED) is 0.861. The Balaban J connectivity index is 2.28. The summed E-state index contributed by atoms with van der Waals surface area (Å²) >= 11 is 0. The Bertz CT molecular complexity index is 516. The molecule has 0 radical (unpaired) electrons. The molecule has 1 heterocycles. The third-order valence-electron chi connectivity index (χ3n) is 3.26. The highest BCUT2D eigenvalue weighted by Gasteiger charge is 2.25. The molecule has 1 aliphatic heterocycles. The van der Waals surface area contributed by atoms with E-state index < -0.39 is 17.6 Å². The second kappa shape index (κ2) is 6.00. The van der Waals surface area contributed by atoms with Crippen molar-refractivity contribution in [3.05, 3.63) is 35.4 Å². The number of ether oxygens (including phenoxy) is 1. The van der Waals surface area contributed by atoms with Gasteiger partial charge in [0.2, 0.25) is 0 Å². The van der Waals surface area contributed by atoms with Gasteiger partial charge in [-0.15, -0.1) is 0 Å². The molecular formula is C14H15F2NO3. The summed E-state index contributed by atoms with van der Waals surface area (Å²) in [5, 5.41) is 8.50. The van der Waals surface area contributed by atoms with Crippen molar-refractivity contribution in [2.75, 3.05) is 25.2 Å². The first-order valence-electron chi connectivity index (χ1n) is 6.19. The normalized spacial score (nSPS) is 18.6. The molecule has 1 aliphatic rings. The number of benzene rings is 1. The van der Waals surface area contributed by atoms with Crippen LogP contribution in [0, 0.1) is 11.6 Å². The number of nitrogens with zero attached hydrogens (tertiary/aromatic N) is 1. The Morgan fingerprint density at radius 3 is 2.60 bits per heavy atom. The van der Waals surface area contributed by atoms with Crippen LogP contribution in [0.5, 0.6) is 0 Å². The molecule has 2 rings (SSSR count). The Morgan fingerprint density at radius 1 is 1.45 bits per heavy atom. The Morgan fingerprint density at radius 2 is 2.10 bits per heavy atom. The summed E-state index contributed by atoms with van der Waals surface area (Å²) in [6.45, 7) is 1.02. The fraction of sp³-hybridized carbons (Fsp3) is 0.357. The van der Waals surface area contributed by atoms with Gasteiger partial charge in [0.05, 0.1) is 12.6 Å². The highest BCUT2D eigenvalue weighted by Crippen LogP contribution is 2.28. The van der Waals surface area contributed by atoms with Gasteiger partial charge in [-0.1, -0.05) is 0 Å². The monoisotopic (exact) mass is 283 g/mol. The van der Waals surface area contributed by atoms with Crippen molar-refractivity contribution in [2.24, 2.45) is 0 Å². The minimum Gasteiger partial charge on any atom is -0.478 e. The van der Waals surface area contributed by atoms with E-state index in [9.17, 15) is 13.6 Å². The van der Waals surface area contributed by atoms with Crippen LogP contribution in [0.4, 0.5) is 14.5 Å². The fourth-order valence-electron chi connectivity index (χ4n) is 2.20. The molecule has 1 N–H and O–H groups in total. The van der Waals surface area contributed by atoms with E-state index in [4.69, 9.17) is 9.84 Å². The maximum Gasteiger partial charge on any atom is 0.328 e. The Hall–Kier alpha value is -1.95. The lowest BCUT2D eigenvalue weighted by Gasteiger charge is -2.26. The Labute approximate surface area is 115 Å². The molecule has 1 unspecified atom stereocenters. The van der Waals surface area contributed by atoms with Gasteiger partial charge in [0.15, 0.2) is 0 Å². The number of rotatable bonds is 4. The molecular weight excluding hydrogens is 268 g/mol. The molecule has 20 heavy (non-hydrogen) atoms. The first-order valence-corrected chi connectivity index (χ1v) is 6.19. The lowest BCUT2D eigenvalue weighted by atomic mass is 10.1. The smallest absolute Gasteiger partial charge is 0.328 e. The van der Waals surface area contributed by atoms with Crippen LogP contribution in [0.25, 0.3) is 6.08 Å². The molecule has 1 aromatic rings. The summed E-state index contributed by atoms with van der Waals surface area (Å²) < 4.78 is 33.3. The molecule has 0 aromatic heterocycles. The van der Waals surface area contributed by atoms with E-state index in [1.54, 1.807) is 7.05 Å². The van der Waals surface area contributed by atoms with Gasteiger partial charge in [-0.05, 0) is 30.2 Å². The summed E-state index contributed by atoms with van der Waals surface area (Å²) in [4.78, 5) is 11.9. The van der Waals surface area contributed by atoms with Crippen molar-refractivity contribution < 1.29 is 23.4 Å². The van der Waals surface area contributed by atoms with Crippen LogP contribution in [-0.4, -0.2) is 37.4 Å². The number of carboxylic acids is 1. The third kappa shape index (κ3) is 3.14. The van der Waals surface area contributed by atoms with Gasteiger partial charge >= 0.3 is 5.97 Å². The van der Waals surface area contributed by atoms with Crippen molar-refractivity contribution in [3.63, 3.8) is 0 Å². The fourth-order valence-corrected chi connectivity index (χ4v) is 2.20. The van der Waals surface area contributed by atoms with Crippen LogP contribution in [0.1, 0.15) is 12.0 Å². The molecule has 0 spiro atoms. The molecule has 1 saturated heterocycles. The number of halogens is 2. The number of aliphatic carboxylic acids is 1. The predicted molar refractivity (Wildman–Crippen MR) is 70.7 cm³/mol. The van der Waals surface area contributed by atoms with Crippen molar-refractivity contribution in [1.82, 2.24) is 0 Å². The predicted octanol–water partition coefficient (Wildman–Crippen LogP) is 2.29. The second-order valence-electron chi connectivity index (χ2n) is 4.63. The van der Waals surface area contributed by atoms with Gasteiger partial charge in [0.25, 0.3) is 0 Å². The summed E-state index contributed by atoms with van der Waals surface area (Å²) in [7, 11) is 1.62. The number of likely N-dealkylation sites (N-methyl/N-ethyl adjacent to an activating group) is 1.